The van der Waals surface area contributed by atoms with Crippen LogP contribution in [0.3, 0.4) is 0 Å². The maximum Gasteiger partial charge on any atom is 0.275 e. The summed E-state index contributed by atoms with van der Waals surface area (Å²) in [6.45, 7) is 0.0982. The van der Waals surface area contributed by atoms with Crippen molar-refractivity contribution in [2.75, 3.05) is 17.8 Å². The minimum atomic E-state index is -0.428. The maximum atomic E-state index is 12.4. The third-order valence-corrected chi connectivity index (χ3v) is 3.70. The molecule has 4 rings (SSSR count). The molecule has 0 spiro atoms. The number of carbonyl (C=O) groups is 1. The second-order valence-electron chi connectivity index (χ2n) is 5.36. The number of amides is 1. The van der Waals surface area contributed by atoms with Crippen LogP contribution in [0.4, 0.5) is 11.5 Å². The van der Waals surface area contributed by atoms with Crippen molar-refractivity contribution in [3.05, 3.63) is 60.3 Å². The molecule has 0 unspecified atom stereocenters. The molecule has 2 aromatic heterocycles. The van der Waals surface area contributed by atoms with E-state index in [-0.39, 0.29) is 18.3 Å². The van der Waals surface area contributed by atoms with Crippen LogP contribution in [0.5, 0.6) is 11.6 Å². The van der Waals surface area contributed by atoms with Crippen molar-refractivity contribution in [2.24, 2.45) is 0 Å². The summed E-state index contributed by atoms with van der Waals surface area (Å²) in [5.74, 6) is 0.667. The highest BCUT2D eigenvalue weighted by atomic mass is 16.7. The van der Waals surface area contributed by atoms with E-state index in [1.54, 1.807) is 24.3 Å². The zero-order valence-electron chi connectivity index (χ0n) is 13.1. The lowest BCUT2D eigenvalue weighted by Gasteiger charge is -2.09. The molecule has 1 aromatic carbocycles. The Morgan fingerprint density at radius 3 is 2.68 bits per heavy atom. The smallest absolute Gasteiger partial charge is 0.275 e. The Hall–Kier alpha value is -3.61. The predicted molar refractivity (Wildman–Crippen MR) is 92.4 cm³/mol. The minimum absolute atomic E-state index is 0.0982. The van der Waals surface area contributed by atoms with Gasteiger partial charge in [-0.15, -0.1) is 0 Å². The molecule has 7 heteroatoms. The van der Waals surface area contributed by atoms with Crippen LogP contribution in [0.15, 0.2) is 54.6 Å². The first-order valence-corrected chi connectivity index (χ1v) is 7.60. The molecule has 0 aliphatic carbocycles. The number of anilines is 2. The molecular weight excluding hydrogens is 320 g/mol. The minimum Gasteiger partial charge on any atom is -0.452 e. The molecule has 0 radical (unpaired) electrons. The summed E-state index contributed by atoms with van der Waals surface area (Å²) in [7, 11) is 0. The molecular formula is C18H14N4O3. The topological polar surface area (TPSA) is 99.4 Å². The molecule has 0 saturated carbocycles. The monoisotopic (exact) mass is 334 g/mol. The van der Waals surface area contributed by atoms with Gasteiger partial charge in [0.15, 0.2) is 11.6 Å². The summed E-state index contributed by atoms with van der Waals surface area (Å²) in [6.07, 6.45) is 0. The number of nitrogens with two attached hydrogens (primary N) is 1. The number of nitrogens with zero attached hydrogens (tertiary/aromatic N) is 2. The Labute approximate surface area is 143 Å². The molecule has 124 valence electrons. The quantitative estimate of drug-likeness (QED) is 0.764. The van der Waals surface area contributed by atoms with Crippen molar-refractivity contribution in [2.45, 2.75) is 0 Å². The van der Waals surface area contributed by atoms with Crippen LogP contribution in [-0.2, 0) is 0 Å². The molecule has 3 aromatic rings. The number of rotatable bonds is 3. The second-order valence-corrected chi connectivity index (χ2v) is 5.36. The lowest BCUT2D eigenvalue weighted by Crippen LogP contribution is -2.16. The van der Waals surface area contributed by atoms with Gasteiger partial charge in [-0.05, 0) is 24.3 Å². The number of pyridine rings is 2. The van der Waals surface area contributed by atoms with Crippen LogP contribution in [0.2, 0.25) is 0 Å². The van der Waals surface area contributed by atoms with Crippen LogP contribution in [0.1, 0.15) is 10.5 Å². The van der Waals surface area contributed by atoms with Gasteiger partial charge in [0, 0.05) is 5.56 Å². The van der Waals surface area contributed by atoms with Crippen molar-refractivity contribution in [1.29, 1.82) is 0 Å². The molecule has 0 bridgehead atoms. The Morgan fingerprint density at radius 2 is 1.84 bits per heavy atom. The Balaban J connectivity index is 1.61. The standard InChI is InChI=1S/C18H14N4O3/c19-12-6-7-13(11-4-2-1-3-5-11)20-16(12)22-17(23)14-8-9-15-18(21-14)25-10-24-15/h1-9H,10,19H2,(H,20,22,23). The van der Waals surface area contributed by atoms with E-state index in [0.29, 0.717) is 23.0 Å². The lowest BCUT2D eigenvalue weighted by atomic mass is 10.1. The van der Waals surface area contributed by atoms with E-state index in [1.165, 1.54) is 0 Å². The van der Waals surface area contributed by atoms with Crippen molar-refractivity contribution in [3.8, 4) is 22.9 Å². The van der Waals surface area contributed by atoms with Crippen LogP contribution >= 0.6 is 0 Å². The van der Waals surface area contributed by atoms with Crippen molar-refractivity contribution >= 4 is 17.4 Å². The van der Waals surface area contributed by atoms with Gasteiger partial charge in [-0.25, -0.2) is 9.97 Å². The third kappa shape index (κ3) is 2.94. The number of hydrogen-bond donors (Lipinski definition) is 2. The molecule has 3 N–H and O–H groups in total. The Kier molecular flexibility index (Phi) is 3.66. The van der Waals surface area contributed by atoms with E-state index < -0.39 is 5.91 Å². The van der Waals surface area contributed by atoms with Crippen LogP contribution in [0.25, 0.3) is 11.3 Å². The lowest BCUT2D eigenvalue weighted by molar-refractivity contribution is 0.102. The maximum absolute atomic E-state index is 12.4. The van der Waals surface area contributed by atoms with Crippen LogP contribution in [-0.4, -0.2) is 22.7 Å². The summed E-state index contributed by atoms with van der Waals surface area (Å²) in [5, 5.41) is 2.69. The third-order valence-electron chi connectivity index (χ3n) is 3.70. The average Bonchev–Trinajstić information content (AvgIpc) is 3.12. The first kappa shape index (κ1) is 14.9. The molecule has 1 aliphatic rings. The Morgan fingerprint density at radius 1 is 1.00 bits per heavy atom. The number of benzene rings is 1. The van der Waals surface area contributed by atoms with Gasteiger partial charge >= 0.3 is 0 Å². The summed E-state index contributed by atoms with van der Waals surface area (Å²) in [6, 6.07) is 16.3. The number of ether oxygens (including phenoxy) is 2. The van der Waals surface area contributed by atoms with Gasteiger partial charge in [-0.2, -0.15) is 0 Å². The number of aromatic nitrogens is 2. The summed E-state index contributed by atoms with van der Waals surface area (Å²) >= 11 is 0. The fraction of sp³-hybridized carbons (Fsp3) is 0.0556. The van der Waals surface area contributed by atoms with E-state index in [1.807, 2.05) is 30.3 Å². The van der Waals surface area contributed by atoms with Crippen molar-refractivity contribution in [3.63, 3.8) is 0 Å². The van der Waals surface area contributed by atoms with Gasteiger partial charge in [0.25, 0.3) is 11.8 Å². The number of nitrogen functional groups attached to an aromatic ring is 1. The van der Waals surface area contributed by atoms with E-state index in [2.05, 4.69) is 15.3 Å². The molecule has 1 aliphatic heterocycles. The number of carbonyl (C=O) groups excluding carboxylic acids is 1. The molecule has 25 heavy (non-hydrogen) atoms. The number of fused-ring (bicyclic) bond motifs is 1. The molecule has 1 amide bonds. The van der Waals surface area contributed by atoms with Gasteiger partial charge in [0.1, 0.15) is 5.69 Å². The molecule has 3 heterocycles. The fourth-order valence-electron chi connectivity index (χ4n) is 2.43. The highest BCUT2D eigenvalue weighted by Gasteiger charge is 2.19. The zero-order valence-corrected chi connectivity index (χ0v) is 13.1. The number of nitrogens with one attached hydrogen (secondary N) is 1. The first-order valence-electron chi connectivity index (χ1n) is 7.60. The summed E-state index contributed by atoms with van der Waals surface area (Å²) < 4.78 is 10.4. The predicted octanol–water partition coefficient (Wildman–Crippen LogP) is 2.71. The molecule has 0 saturated heterocycles. The average molecular weight is 334 g/mol. The highest BCUT2D eigenvalue weighted by molar-refractivity contribution is 6.04. The summed E-state index contributed by atoms with van der Waals surface area (Å²) in [4.78, 5) is 21.0. The first-order chi connectivity index (χ1) is 12.2. The summed E-state index contributed by atoms with van der Waals surface area (Å²) in [5.41, 5.74) is 8.14. The van der Waals surface area contributed by atoms with Gasteiger partial charge in [-0.3, -0.25) is 4.79 Å². The van der Waals surface area contributed by atoms with Crippen molar-refractivity contribution in [1.82, 2.24) is 9.97 Å². The van der Waals surface area contributed by atoms with E-state index >= 15 is 0 Å². The molecule has 0 fully saturated rings. The fourth-order valence-corrected chi connectivity index (χ4v) is 2.43. The highest BCUT2D eigenvalue weighted by Crippen LogP contribution is 2.30. The largest absolute Gasteiger partial charge is 0.452 e. The van der Waals surface area contributed by atoms with Crippen molar-refractivity contribution < 1.29 is 14.3 Å². The van der Waals surface area contributed by atoms with E-state index in [4.69, 9.17) is 15.2 Å². The second kappa shape index (κ2) is 6.12. The van der Waals surface area contributed by atoms with E-state index in [9.17, 15) is 4.79 Å². The van der Waals surface area contributed by atoms with Gasteiger partial charge in [0.05, 0.1) is 11.4 Å². The van der Waals surface area contributed by atoms with Gasteiger partial charge in [0.2, 0.25) is 6.79 Å². The van der Waals surface area contributed by atoms with Crippen LogP contribution < -0.4 is 20.5 Å². The SMILES string of the molecule is Nc1ccc(-c2ccccc2)nc1NC(=O)c1ccc2c(n1)OCO2. The van der Waals surface area contributed by atoms with Gasteiger partial charge in [-0.1, -0.05) is 30.3 Å². The number of hydrogen-bond acceptors (Lipinski definition) is 6. The van der Waals surface area contributed by atoms with Gasteiger partial charge < -0.3 is 20.5 Å². The molecule has 7 nitrogen and oxygen atoms in total. The normalized spacial score (nSPS) is 12.0. The Bertz CT molecular complexity index is 944. The van der Waals surface area contributed by atoms with E-state index in [0.717, 1.165) is 5.56 Å². The van der Waals surface area contributed by atoms with Crippen LogP contribution in [0, 0.1) is 0 Å². The molecule has 0 atom stereocenters. The zero-order chi connectivity index (χ0) is 17.2.